The van der Waals surface area contributed by atoms with Crippen LogP contribution in [0.3, 0.4) is 0 Å². The van der Waals surface area contributed by atoms with E-state index >= 15 is 0 Å². The Morgan fingerprint density at radius 2 is 1.08 bits per heavy atom. The molecule has 2 fully saturated rings. The summed E-state index contributed by atoms with van der Waals surface area (Å²) in [6.07, 6.45) is 8.23. The first-order valence-corrected chi connectivity index (χ1v) is 18.3. The van der Waals surface area contributed by atoms with Gasteiger partial charge in [-0.3, -0.25) is 4.79 Å². The van der Waals surface area contributed by atoms with Crippen molar-refractivity contribution in [3.8, 4) is 17.2 Å². The van der Waals surface area contributed by atoms with Crippen molar-refractivity contribution in [2.24, 2.45) is 11.3 Å². The number of carbonyl (C=O) groups excluding carboxylic acids is 2. The molecule has 2 aliphatic carbocycles. The molecule has 0 spiro atoms. The predicted octanol–water partition coefficient (Wildman–Crippen LogP) is 12.1. The maximum absolute atomic E-state index is 12.4. The van der Waals surface area contributed by atoms with E-state index in [0.29, 0.717) is 35.0 Å². The number of phenolic OH excluding ortho intramolecular Hbond substituents is 1. The second-order valence-corrected chi connectivity index (χ2v) is 15.0. The molecule has 49 heavy (non-hydrogen) atoms. The van der Waals surface area contributed by atoms with Crippen molar-refractivity contribution in [3.05, 3.63) is 89.5 Å². The highest BCUT2D eigenvalue weighted by atomic mass is 16.7. The Kier molecular flexibility index (Phi) is 14.8. The molecular weight excluding hydrogens is 612 g/mol. The Bertz CT molecular complexity index is 1430. The summed E-state index contributed by atoms with van der Waals surface area (Å²) in [6.45, 7) is 18.5. The highest BCUT2D eigenvalue weighted by molar-refractivity contribution is 5.80. The quantitative estimate of drug-likeness (QED) is 0.138. The van der Waals surface area contributed by atoms with Gasteiger partial charge in [-0.2, -0.15) is 0 Å². The van der Waals surface area contributed by atoms with E-state index in [4.69, 9.17) is 19.3 Å². The lowest BCUT2D eigenvalue weighted by molar-refractivity contribution is -0.145. The molecule has 0 radical (unpaired) electrons. The van der Waals surface area contributed by atoms with Gasteiger partial charge in [-0.05, 0) is 149 Å². The van der Waals surface area contributed by atoms with Crippen LogP contribution in [0.4, 0.5) is 4.79 Å². The van der Waals surface area contributed by atoms with E-state index in [1.807, 2.05) is 36.4 Å². The first kappa shape index (κ1) is 39.6. The van der Waals surface area contributed by atoms with E-state index in [0.717, 1.165) is 44.4 Å². The van der Waals surface area contributed by atoms with E-state index in [1.165, 1.54) is 29.5 Å². The minimum absolute atomic E-state index is 0.00814. The van der Waals surface area contributed by atoms with E-state index in [2.05, 4.69) is 53.7 Å². The zero-order valence-corrected chi connectivity index (χ0v) is 31.4. The van der Waals surface area contributed by atoms with Gasteiger partial charge >= 0.3 is 12.1 Å². The molecule has 2 bridgehead atoms. The first-order chi connectivity index (χ1) is 23.2. The fourth-order valence-corrected chi connectivity index (χ4v) is 6.30. The summed E-state index contributed by atoms with van der Waals surface area (Å²) in [5.74, 6) is 4.00. The fourth-order valence-electron chi connectivity index (χ4n) is 6.30. The number of hydrogen-bond acceptors (Lipinski definition) is 6. The summed E-state index contributed by atoms with van der Waals surface area (Å²) in [4.78, 5) is 23.9. The van der Waals surface area contributed by atoms with Gasteiger partial charge in [-0.15, -0.1) is 0 Å². The molecule has 6 heteroatoms. The smallest absolute Gasteiger partial charge is 0.508 e. The number of esters is 1. The molecule has 3 unspecified atom stereocenters. The maximum Gasteiger partial charge on any atom is 0.514 e. The van der Waals surface area contributed by atoms with Crippen molar-refractivity contribution in [2.45, 2.75) is 137 Å². The molecule has 3 aromatic rings. The minimum Gasteiger partial charge on any atom is -0.508 e. The summed E-state index contributed by atoms with van der Waals surface area (Å²) in [6, 6.07) is 23.0. The molecular formula is C43H60O6. The van der Waals surface area contributed by atoms with E-state index in [9.17, 15) is 9.59 Å². The lowest BCUT2D eigenvalue weighted by Gasteiger charge is -2.23. The number of rotatable bonds is 9. The van der Waals surface area contributed by atoms with Gasteiger partial charge < -0.3 is 19.3 Å². The highest BCUT2D eigenvalue weighted by Gasteiger charge is 2.51. The lowest BCUT2D eigenvalue weighted by Crippen LogP contribution is -2.30. The molecule has 2 saturated carbocycles. The maximum atomic E-state index is 12.4. The number of ether oxygens (including phenoxy) is 3. The SMILES string of the molecule is CCC(C)c1ccc(O)cc1.CCC(C)c1ccc(OC(=O)C23CCC(CC2)C3)cc1.CCC(C)c1ccc(OC(=O)OC(C)(C)C)cc1. The van der Waals surface area contributed by atoms with Crippen molar-refractivity contribution in [3.63, 3.8) is 0 Å². The molecule has 6 nitrogen and oxygen atoms in total. The van der Waals surface area contributed by atoms with Crippen LogP contribution in [-0.2, 0) is 9.53 Å². The summed E-state index contributed by atoms with van der Waals surface area (Å²) in [5.41, 5.74) is 3.17. The van der Waals surface area contributed by atoms with Gasteiger partial charge in [0.05, 0.1) is 5.41 Å². The van der Waals surface area contributed by atoms with Crippen LogP contribution in [0, 0.1) is 11.3 Å². The molecule has 0 amide bonds. The van der Waals surface area contributed by atoms with Crippen LogP contribution in [-0.4, -0.2) is 22.8 Å². The largest absolute Gasteiger partial charge is 0.514 e. The van der Waals surface area contributed by atoms with E-state index in [1.54, 1.807) is 45.0 Å². The second-order valence-electron chi connectivity index (χ2n) is 15.0. The predicted molar refractivity (Wildman–Crippen MR) is 199 cm³/mol. The van der Waals surface area contributed by atoms with Crippen LogP contribution < -0.4 is 9.47 Å². The molecule has 0 heterocycles. The monoisotopic (exact) mass is 672 g/mol. The van der Waals surface area contributed by atoms with Crippen molar-refractivity contribution >= 4 is 12.1 Å². The lowest BCUT2D eigenvalue weighted by atomic mass is 9.84. The number of hydrogen-bond donors (Lipinski definition) is 1. The zero-order valence-electron chi connectivity index (χ0n) is 31.4. The summed E-state index contributed by atoms with van der Waals surface area (Å²) in [7, 11) is 0. The number of carbonyl (C=O) groups is 2. The van der Waals surface area contributed by atoms with Crippen molar-refractivity contribution < 1.29 is 28.9 Å². The van der Waals surface area contributed by atoms with Crippen LogP contribution in [0.2, 0.25) is 0 Å². The van der Waals surface area contributed by atoms with Crippen LogP contribution >= 0.6 is 0 Å². The highest BCUT2D eigenvalue weighted by Crippen LogP contribution is 2.54. The Labute approximate surface area is 295 Å². The summed E-state index contributed by atoms with van der Waals surface area (Å²) < 4.78 is 15.8. The molecule has 0 aliphatic heterocycles. The Morgan fingerprint density at radius 1 is 0.694 bits per heavy atom. The zero-order chi connectivity index (χ0) is 36.2. The Balaban J connectivity index is 0.000000208. The van der Waals surface area contributed by atoms with Crippen LogP contribution in [0.5, 0.6) is 17.2 Å². The molecule has 268 valence electrons. The van der Waals surface area contributed by atoms with Gasteiger partial charge in [0.2, 0.25) is 0 Å². The molecule has 2 aliphatic rings. The molecule has 3 aromatic carbocycles. The third-order valence-corrected chi connectivity index (χ3v) is 10.2. The van der Waals surface area contributed by atoms with Gasteiger partial charge in [0.1, 0.15) is 22.8 Å². The van der Waals surface area contributed by atoms with Gasteiger partial charge in [0.25, 0.3) is 0 Å². The van der Waals surface area contributed by atoms with Crippen molar-refractivity contribution in [1.82, 2.24) is 0 Å². The van der Waals surface area contributed by atoms with Gasteiger partial charge in [0.15, 0.2) is 0 Å². The van der Waals surface area contributed by atoms with Crippen LogP contribution in [0.25, 0.3) is 0 Å². The number of phenols is 1. The first-order valence-electron chi connectivity index (χ1n) is 18.3. The molecule has 1 N–H and O–H groups in total. The van der Waals surface area contributed by atoms with Gasteiger partial charge in [-0.1, -0.05) is 77.9 Å². The number of aromatic hydroxyl groups is 1. The fraction of sp³-hybridized carbons (Fsp3) is 0.535. The van der Waals surface area contributed by atoms with Crippen molar-refractivity contribution in [2.75, 3.05) is 0 Å². The minimum atomic E-state index is -0.668. The Morgan fingerprint density at radius 3 is 1.43 bits per heavy atom. The molecule has 5 rings (SSSR count). The average Bonchev–Trinajstić information content (AvgIpc) is 3.71. The third-order valence-electron chi connectivity index (χ3n) is 10.2. The third kappa shape index (κ3) is 12.2. The second kappa shape index (κ2) is 18.3. The van der Waals surface area contributed by atoms with Gasteiger partial charge in [0, 0.05) is 0 Å². The topological polar surface area (TPSA) is 82.1 Å². The average molecular weight is 673 g/mol. The van der Waals surface area contributed by atoms with Crippen LogP contribution in [0.15, 0.2) is 72.8 Å². The molecule has 0 aromatic heterocycles. The molecule has 0 saturated heterocycles. The number of fused-ring (bicyclic) bond motifs is 2. The van der Waals surface area contributed by atoms with E-state index in [-0.39, 0.29) is 11.4 Å². The van der Waals surface area contributed by atoms with Crippen molar-refractivity contribution in [1.29, 1.82) is 0 Å². The normalized spacial score (nSPS) is 19.7. The van der Waals surface area contributed by atoms with Crippen LogP contribution in [0.1, 0.15) is 148 Å². The summed E-state index contributed by atoms with van der Waals surface area (Å²) >= 11 is 0. The van der Waals surface area contributed by atoms with E-state index < -0.39 is 11.8 Å². The molecule has 3 atom stereocenters. The van der Waals surface area contributed by atoms with Gasteiger partial charge in [-0.25, -0.2) is 4.79 Å². The number of benzene rings is 3. The summed E-state index contributed by atoms with van der Waals surface area (Å²) in [5, 5.41) is 9.01. The Hall–Kier alpha value is -3.80. The standard InChI is InChI=1S/C18H24O2.C15H22O3.C10H14O/c1-3-13(2)15-4-6-16(7-5-15)20-17(19)18-10-8-14(12-18)9-11-18;1-6-11(2)12-7-9-13(10-8-12)17-14(16)18-15(3,4)5;1-3-8(2)9-4-6-10(11)7-5-9/h4-7,13-14H,3,8-12H2,1-2H3;7-11H,6H2,1-5H3;4-8,11H,3H2,1-2H3.